The average Bonchev–Trinajstić information content (AvgIpc) is 2.86. The van der Waals surface area contributed by atoms with Crippen LogP contribution in [0.25, 0.3) is 0 Å². The second-order valence-electron chi connectivity index (χ2n) is 4.24. The van der Waals surface area contributed by atoms with Gasteiger partial charge in [0.05, 0.1) is 30.3 Å². The molecule has 5 heteroatoms. The second kappa shape index (κ2) is 5.96. The standard InChI is InChI=1S/C15H17NO3S/c1-4-10-8-12(15(16)20-10)14(17)11-7-9(18-2)5-6-13(11)19-3/h5-8H,4,16H2,1-3H3. The van der Waals surface area contributed by atoms with E-state index in [1.807, 2.05) is 13.0 Å². The first-order valence-corrected chi connectivity index (χ1v) is 7.07. The molecule has 0 spiro atoms. The number of nitrogens with two attached hydrogens (primary N) is 1. The minimum atomic E-state index is -0.144. The minimum Gasteiger partial charge on any atom is -0.497 e. The van der Waals surface area contributed by atoms with Crippen molar-refractivity contribution in [1.29, 1.82) is 0 Å². The fraction of sp³-hybridized carbons (Fsp3) is 0.267. The SMILES string of the molecule is CCc1cc(C(=O)c2cc(OC)ccc2OC)c(N)s1. The molecule has 0 fully saturated rings. The Kier molecular flexibility index (Phi) is 4.29. The lowest BCUT2D eigenvalue weighted by Gasteiger charge is -2.09. The van der Waals surface area contributed by atoms with Crippen LogP contribution in [-0.4, -0.2) is 20.0 Å². The van der Waals surface area contributed by atoms with Crippen LogP contribution in [0.15, 0.2) is 24.3 Å². The Morgan fingerprint density at radius 2 is 1.95 bits per heavy atom. The van der Waals surface area contributed by atoms with Crippen LogP contribution in [0.2, 0.25) is 0 Å². The molecule has 106 valence electrons. The zero-order valence-corrected chi connectivity index (χ0v) is 12.5. The molecule has 0 aliphatic rings. The number of hydrogen-bond acceptors (Lipinski definition) is 5. The van der Waals surface area contributed by atoms with Crippen molar-refractivity contribution in [2.24, 2.45) is 0 Å². The summed E-state index contributed by atoms with van der Waals surface area (Å²) in [6, 6.07) is 6.99. The Morgan fingerprint density at radius 1 is 1.20 bits per heavy atom. The Labute approximate surface area is 122 Å². The number of benzene rings is 1. The lowest BCUT2D eigenvalue weighted by atomic mass is 10.0. The van der Waals surface area contributed by atoms with E-state index in [0.29, 0.717) is 27.6 Å². The molecule has 20 heavy (non-hydrogen) atoms. The number of ether oxygens (including phenoxy) is 2. The summed E-state index contributed by atoms with van der Waals surface area (Å²) in [5, 5.41) is 0.539. The summed E-state index contributed by atoms with van der Waals surface area (Å²) in [4.78, 5) is 13.7. The second-order valence-corrected chi connectivity index (χ2v) is 5.41. The van der Waals surface area contributed by atoms with Gasteiger partial charge < -0.3 is 15.2 Å². The number of methoxy groups -OCH3 is 2. The van der Waals surface area contributed by atoms with E-state index >= 15 is 0 Å². The molecule has 2 aromatic rings. The van der Waals surface area contributed by atoms with Gasteiger partial charge in [-0.15, -0.1) is 11.3 Å². The van der Waals surface area contributed by atoms with E-state index in [1.165, 1.54) is 18.4 Å². The topological polar surface area (TPSA) is 61.5 Å². The summed E-state index contributed by atoms with van der Waals surface area (Å²) < 4.78 is 10.4. The summed E-state index contributed by atoms with van der Waals surface area (Å²) in [5.41, 5.74) is 6.93. The molecule has 0 saturated carbocycles. The van der Waals surface area contributed by atoms with Crippen molar-refractivity contribution in [3.05, 3.63) is 40.3 Å². The molecule has 0 bridgehead atoms. The monoisotopic (exact) mass is 291 g/mol. The first kappa shape index (κ1) is 14.4. The molecular formula is C15H17NO3S. The van der Waals surface area contributed by atoms with Gasteiger partial charge in [-0.25, -0.2) is 0 Å². The molecule has 1 aromatic heterocycles. The molecule has 1 heterocycles. The number of thiophene rings is 1. The molecule has 0 aliphatic carbocycles. The number of hydrogen-bond donors (Lipinski definition) is 1. The van der Waals surface area contributed by atoms with Crippen molar-refractivity contribution in [3.8, 4) is 11.5 Å². The van der Waals surface area contributed by atoms with Crippen LogP contribution in [0.3, 0.4) is 0 Å². The molecule has 0 amide bonds. The summed E-state index contributed by atoms with van der Waals surface area (Å²) in [6.07, 6.45) is 0.859. The highest BCUT2D eigenvalue weighted by atomic mass is 32.1. The number of aryl methyl sites for hydroxylation is 1. The molecule has 4 nitrogen and oxygen atoms in total. The van der Waals surface area contributed by atoms with E-state index in [1.54, 1.807) is 25.3 Å². The molecule has 0 atom stereocenters. The third-order valence-corrected chi connectivity index (χ3v) is 4.16. The Morgan fingerprint density at radius 3 is 2.50 bits per heavy atom. The molecule has 2 rings (SSSR count). The first-order valence-electron chi connectivity index (χ1n) is 6.25. The highest BCUT2D eigenvalue weighted by molar-refractivity contribution is 7.16. The smallest absolute Gasteiger partial charge is 0.199 e. The van der Waals surface area contributed by atoms with E-state index in [2.05, 4.69) is 0 Å². The van der Waals surface area contributed by atoms with Crippen LogP contribution in [-0.2, 0) is 6.42 Å². The van der Waals surface area contributed by atoms with Gasteiger partial charge in [0.2, 0.25) is 0 Å². The largest absolute Gasteiger partial charge is 0.497 e. The van der Waals surface area contributed by atoms with Crippen LogP contribution in [0, 0.1) is 0 Å². The molecule has 1 aromatic carbocycles. The van der Waals surface area contributed by atoms with Crippen LogP contribution in [0.4, 0.5) is 5.00 Å². The van der Waals surface area contributed by atoms with Crippen LogP contribution >= 0.6 is 11.3 Å². The third kappa shape index (κ3) is 2.63. The van der Waals surface area contributed by atoms with Crippen molar-refractivity contribution in [2.45, 2.75) is 13.3 Å². The van der Waals surface area contributed by atoms with E-state index in [4.69, 9.17) is 15.2 Å². The number of nitrogen functional groups attached to an aromatic ring is 1. The molecule has 0 saturated heterocycles. The van der Waals surface area contributed by atoms with Crippen molar-refractivity contribution >= 4 is 22.1 Å². The maximum atomic E-state index is 12.6. The van der Waals surface area contributed by atoms with Gasteiger partial charge in [-0.3, -0.25) is 4.79 Å². The third-order valence-electron chi connectivity index (χ3n) is 3.06. The molecule has 0 aliphatic heterocycles. The predicted molar refractivity (Wildman–Crippen MR) is 81.1 cm³/mol. The summed E-state index contributed by atoms with van der Waals surface area (Å²) in [7, 11) is 3.09. The number of carbonyl (C=O) groups is 1. The maximum absolute atomic E-state index is 12.6. The number of rotatable bonds is 5. The molecular weight excluding hydrogens is 274 g/mol. The van der Waals surface area contributed by atoms with Crippen molar-refractivity contribution in [1.82, 2.24) is 0 Å². The van der Waals surface area contributed by atoms with E-state index in [0.717, 1.165) is 11.3 Å². The first-order chi connectivity index (χ1) is 9.60. The Bertz CT molecular complexity index is 634. The van der Waals surface area contributed by atoms with E-state index in [9.17, 15) is 4.79 Å². The Hall–Kier alpha value is -2.01. The highest BCUT2D eigenvalue weighted by Gasteiger charge is 2.20. The molecule has 2 N–H and O–H groups in total. The molecule has 0 unspecified atom stereocenters. The van der Waals surface area contributed by atoms with Crippen molar-refractivity contribution < 1.29 is 14.3 Å². The van der Waals surface area contributed by atoms with Crippen LogP contribution in [0.5, 0.6) is 11.5 Å². The van der Waals surface area contributed by atoms with Gasteiger partial charge >= 0.3 is 0 Å². The zero-order chi connectivity index (χ0) is 14.7. The number of carbonyl (C=O) groups excluding carboxylic acids is 1. The fourth-order valence-corrected chi connectivity index (χ4v) is 2.81. The van der Waals surface area contributed by atoms with Gasteiger partial charge in [0.15, 0.2) is 5.78 Å². The summed E-state index contributed by atoms with van der Waals surface area (Å²) >= 11 is 1.45. The lowest BCUT2D eigenvalue weighted by Crippen LogP contribution is -2.05. The normalized spacial score (nSPS) is 10.3. The Balaban J connectivity index is 2.48. The summed E-state index contributed by atoms with van der Waals surface area (Å²) in [5.74, 6) is 0.979. The van der Waals surface area contributed by atoms with Gasteiger partial charge in [0.1, 0.15) is 11.5 Å². The van der Waals surface area contributed by atoms with Gasteiger partial charge in [0, 0.05) is 4.88 Å². The van der Waals surface area contributed by atoms with Crippen molar-refractivity contribution in [2.75, 3.05) is 20.0 Å². The van der Waals surface area contributed by atoms with Gasteiger partial charge in [-0.1, -0.05) is 6.92 Å². The quantitative estimate of drug-likeness (QED) is 0.860. The van der Waals surface area contributed by atoms with Crippen LogP contribution in [0.1, 0.15) is 27.7 Å². The molecule has 0 radical (unpaired) electrons. The number of ketones is 1. The average molecular weight is 291 g/mol. The van der Waals surface area contributed by atoms with Crippen molar-refractivity contribution in [3.63, 3.8) is 0 Å². The van der Waals surface area contributed by atoms with Gasteiger partial charge in [0.25, 0.3) is 0 Å². The zero-order valence-electron chi connectivity index (χ0n) is 11.7. The maximum Gasteiger partial charge on any atom is 0.199 e. The number of anilines is 1. The predicted octanol–water partition coefficient (Wildman–Crippen LogP) is 3.14. The van der Waals surface area contributed by atoms with Gasteiger partial charge in [-0.2, -0.15) is 0 Å². The summed E-state index contributed by atoms with van der Waals surface area (Å²) in [6.45, 7) is 2.03. The highest BCUT2D eigenvalue weighted by Crippen LogP contribution is 2.31. The fourth-order valence-electron chi connectivity index (χ4n) is 1.95. The van der Waals surface area contributed by atoms with Gasteiger partial charge in [-0.05, 0) is 30.7 Å². The lowest BCUT2D eigenvalue weighted by molar-refractivity contribution is 0.103. The van der Waals surface area contributed by atoms with E-state index < -0.39 is 0 Å². The van der Waals surface area contributed by atoms with E-state index in [-0.39, 0.29) is 5.78 Å². The van der Waals surface area contributed by atoms with Crippen LogP contribution < -0.4 is 15.2 Å². The minimum absolute atomic E-state index is 0.144.